The van der Waals surface area contributed by atoms with Crippen molar-refractivity contribution in [1.82, 2.24) is 4.98 Å². The van der Waals surface area contributed by atoms with E-state index in [2.05, 4.69) is 4.74 Å². The molecule has 0 unspecified atom stereocenters. The minimum absolute atomic E-state index is 0. The highest BCUT2D eigenvalue weighted by Crippen LogP contribution is 2.38. The zero-order valence-electron chi connectivity index (χ0n) is 18.1. The van der Waals surface area contributed by atoms with Gasteiger partial charge in [0.1, 0.15) is 11.5 Å². The van der Waals surface area contributed by atoms with Crippen molar-refractivity contribution in [3.8, 4) is 11.5 Å². The van der Waals surface area contributed by atoms with E-state index in [0.29, 0.717) is 37.3 Å². The molecular weight excluding hydrogens is 447 g/mol. The van der Waals surface area contributed by atoms with E-state index >= 15 is 0 Å². The molecule has 34 heavy (non-hydrogen) atoms. The summed E-state index contributed by atoms with van der Waals surface area (Å²) < 4.78 is 46.2. The highest BCUT2D eigenvalue weighted by molar-refractivity contribution is 6.02. The van der Waals surface area contributed by atoms with Gasteiger partial charge < -0.3 is 19.3 Å². The Morgan fingerprint density at radius 2 is 1.68 bits per heavy atom. The van der Waals surface area contributed by atoms with Crippen LogP contribution < -0.4 is 19.3 Å². The SMILES string of the molecule is C.C.CCN1C(=O)CN(C)c2nc(CC3CC(COc4ccc(OC(F)(F)F)cc4)C3)ccc21. The van der Waals surface area contributed by atoms with E-state index in [4.69, 9.17) is 9.72 Å². The number of ether oxygens (including phenoxy) is 2. The number of nitrogens with zero attached hydrogens (tertiary/aromatic N) is 3. The van der Waals surface area contributed by atoms with Crippen molar-refractivity contribution in [1.29, 1.82) is 0 Å². The molecule has 1 aromatic heterocycles. The third-order valence-electron chi connectivity index (χ3n) is 5.93. The predicted molar refractivity (Wildman–Crippen MR) is 128 cm³/mol. The van der Waals surface area contributed by atoms with Crippen LogP contribution in [0.15, 0.2) is 36.4 Å². The molecule has 1 saturated carbocycles. The molecule has 6 nitrogen and oxygen atoms in total. The first-order chi connectivity index (χ1) is 15.2. The summed E-state index contributed by atoms with van der Waals surface area (Å²) in [6, 6.07) is 9.45. The number of rotatable bonds is 7. The average Bonchev–Trinajstić information content (AvgIpc) is 2.70. The Morgan fingerprint density at radius 1 is 1.03 bits per heavy atom. The van der Waals surface area contributed by atoms with E-state index < -0.39 is 6.36 Å². The monoisotopic (exact) mass is 481 g/mol. The van der Waals surface area contributed by atoms with Gasteiger partial charge in [-0.2, -0.15) is 0 Å². The molecule has 2 aromatic rings. The number of aromatic nitrogens is 1. The smallest absolute Gasteiger partial charge is 0.493 e. The van der Waals surface area contributed by atoms with Crippen LogP contribution in [0.25, 0.3) is 0 Å². The van der Waals surface area contributed by atoms with Gasteiger partial charge in [-0.15, -0.1) is 13.2 Å². The van der Waals surface area contributed by atoms with Gasteiger partial charge in [-0.1, -0.05) is 14.9 Å². The van der Waals surface area contributed by atoms with Crippen LogP contribution in [-0.4, -0.2) is 44.0 Å². The molecule has 0 N–H and O–H groups in total. The Hall–Kier alpha value is -2.97. The van der Waals surface area contributed by atoms with Crippen molar-refractivity contribution >= 4 is 17.4 Å². The van der Waals surface area contributed by atoms with Gasteiger partial charge in [0.15, 0.2) is 5.82 Å². The molecule has 1 fully saturated rings. The first-order valence-electron chi connectivity index (χ1n) is 10.7. The van der Waals surface area contributed by atoms with Crippen molar-refractivity contribution in [2.24, 2.45) is 11.8 Å². The van der Waals surface area contributed by atoms with Gasteiger partial charge in [0.25, 0.3) is 0 Å². The fourth-order valence-electron chi connectivity index (χ4n) is 4.35. The molecule has 0 atom stereocenters. The van der Waals surface area contributed by atoms with Crippen LogP contribution in [0.5, 0.6) is 11.5 Å². The lowest BCUT2D eigenvalue weighted by molar-refractivity contribution is -0.274. The highest BCUT2D eigenvalue weighted by Gasteiger charge is 2.32. The number of hydrogen-bond acceptors (Lipinski definition) is 5. The summed E-state index contributed by atoms with van der Waals surface area (Å²) >= 11 is 0. The third kappa shape index (κ3) is 6.33. The number of amides is 1. The number of anilines is 2. The van der Waals surface area contributed by atoms with Crippen LogP contribution in [0, 0.1) is 11.8 Å². The number of benzene rings is 1. The van der Waals surface area contributed by atoms with E-state index in [0.717, 1.165) is 36.5 Å². The average molecular weight is 482 g/mol. The van der Waals surface area contributed by atoms with E-state index in [-0.39, 0.29) is 26.5 Å². The summed E-state index contributed by atoms with van der Waals surface area (Å²) in [4.78, 5) is 20.7. The van der Waals surface area contributed by atoms with E-state index in [9.17, 15) is 18.0 Å². The van der Waals surface area contributed by atoms with Gasteiger partial charge in [-0.3, -0.25) is 4.79 Å². The van der Waals surface area contributed by atoms with Crippen LogP contribution in [-0.2, 0) is 11.2 Å². The molecule has 1 aliphatic heterocycles. The van der Waals surface area contributed by atoms with Gasteiger partial charge in [-0.05, 0) is 74.4 Å². The van der Waals surface area contributed by atoms with E-state index in [1.165, 1.54) is 24.3 Å². The first kappa shape index (κ1) is 27.3. The summed E-state index contributed by atoms with van der Waals surface area (Å²) in [5.74, 6) is 2.14. The Bertz CT molecular complexity index is 960. The zero-order chi connectivity index (χ0) is 22.9. The maximum atomic E-state index is 12.2. The topological polar surface area (TPSA) is 54.9 Å². The molecule has 4 rings (SSSR count). The lowest BCUT2D eigenvalue weighted by Crippen LogP contribution is -2.44. The standard InChI is InChI=1S/C23H26F3N3O3.2CH4/c1-3-29-20-9-4-17(27-22(20)28(2)13-21(29)30)12-15-10-16(11-15)14-31-18-5-7-19(8-6-18)32-23(24,25)26;;/h4-9,15-16H,3,10-14H2,1-2H3;2*1H4. The summed E-state index contributed by atoms with van der Waals surface area (Å²) in [5, 5.41) is 0. The summed E-state index contributed by atoms with van der Waals surface area (Å²) in [5.41, 5.74) is 1.88. The van der Waals surface area contributed by atoms with Gasteiger partial charge >= 0.3 is 6.36 Å². The van der Waals surface area contributed by atoms with Gasteiger partial charge in [0.2, 0.25) is 5.91 Å². The quantitative estimate of drug-likeness (QED) is 0.508. The van der Waals surface area contributed by atoms with Crippen molar-refractivity contribution in [2.45, 2.75) is 47.4 Å². The Balaban J connectivity index is 0.00000204. The third-order valence-corrected chi connectivity index (χ3v) is 5.93. The molecule has 0 bridgehead atoms. The first-order valence-corrected chi connectivity index (χ1v) is 10.7. The number of carbonyl (C=O) groups excluding carboxylic acids is 1. The Labute approximate surface area is 199 Å². The summed E-state index contributed by atoms with van der Waals surface area (Å²) in [6.07, 6.45) is -1.79. The second kappa shape index (κ2) is 11.0. The number of likely N-dealkylation sites (N-methyl/N-ethyl adjacent to an activating group) is 2. The number of alkyl halides is 3. The lowest BCUT2D eigenvalue weighted by Gasteiger charge is -2.36. The maximum Gasteiger partial charge on any atom is 0.573 e. The molecule has 1 aliphatic carbocycles. The normalized spacial score (nSPS) is 19.4. The number of halogens is 3. The molecule has 9 heteroatoms. The molecule has 0 saturated heterocycles. The number of hydrogen-bond donors (Lipinski definition) is 0. The van der Waals surface area contributed by atoms with E-state index in [1.807, 2.05) is 31.0 Å². The molecule has 1 amide bonds. The second-order valence-corrected chi connectivity index (χ2v) is 8.38. The van der Waals surface area contributed by atoms with Crippen LogP contribution in [0.3, 0.4) is 0 Å². The fraction of sp³-hybridized carbons (Fsp3) is 0.520. The molecule has 2 heterocycles. The number of fused-ring (bicyclic) bond motifs is 1. The predicted octanol–water partition coefficient (Wildman–Crippen LogP) is 5.70. The van der Waals surface area contributed by atoms with Gasteiger partial charge in [0.05, 0.1) is 18.8 Å². The summed E-state index contributed by atoms with van der Waals surface area (Å²) in [6.45, 7) is 3.46. The summed E-state index contributed by atoms with van der Waals surface area (Å²) in [7, 11) is 1.89. The molecule has 2 aliphatic rings. The second-order valence-electron chi connectivity index (χ2n) is 8.38. The van der Waals surface area contributed by atoms with Gasteiger partial charge in [0, 0.05) is 19.3 Å². The maximum absolute atomic E-state index is 12.2. The number of carbonyl (C=O) groups is 1. The van der Waals surface area contributed by atoms with E-state index in [1.54, 1.807) is 4.90 Å². The molecule has 0 radical (unpaired) electrons. The van der Waals surface area contributed by atoms with Crippen LogP contribution in [0.2, 0.25) is 0 Å². The van der Waals surface area contributed by atoms with Crippen molar-refractivity contribution in [3.63, 3.8) is 0 Å². The minimum atomic E-state index is -4.70. The Morgan fingerprint density at radius 3 is 2.29 bits per heavy atom. The zero-order valence-corrected chi connectivity index (χ0v) is 18.1. The van der Waals surface area contributed by atoms with Crippen molar-refractivity contribution in [2.75, 3.05) is 36.5 Å². The molecular formula is C25H34F3N3O3. The van der Waals surface area contributed by atoms with Crippen molar-refractivity contribution in [3.05, 3.63) is 42.1 Å². The lowest BCUT2D eigenvalue weighted by atomic mass is 9.73. The number of pyridine rings is 1. The molecule has 1 aromatic carbocycles. The largest absolute Gasteiger partial charge is 0.573 e. The fourth-order valence-corrected chi connectivity index (χ4v) is 4.35. The van der Waals surface area contributed by atoms with Crippen LogP contribution in [0.4, 0.5) is 24.7 Å². The van der Waals surface area contributed by atoms with Crippen LogP contribution >= 0.6 is 0 Å². The van der Waals surface area contributed by atoms with Gasteiger partial charge in [-0.25, -0.2) is 4.98 Å². The van der Waals surface area contributed by atoms with Crippen LogP contribution in [0.1, 0.15) is 40.3 Å². The minimum Gasteiger partial charge on any atom is -0.493 e. The van der Waals surface area contributed by atoms with Crippen molar-refractivity contribution < 1.29 is 27.4 Å². The Kier molecular flexibility index (Phi) is 8.80. The molecule has 0 spiro atoms. The molecule has 188 valence electrons. The highest BCUT2D eigenvalue weighted by atomic mass is 19.4.